The molecule has 2 aliphatic rings. The number of hydrogen-bond acceptors (Lipinski definition) is 3. The third kappa shape index (κ3) is 4.17. The van der Waals surface area contributed by atoms with Gasteiger partial charge >= 0.3 is 0 Å². The maximum absolute atomic E-state index is 6.14. The van der Waals surface area contributed by atoms with E-state index in [9.17, 15) is 0 Å². The fraction of sp³-hybridized carbons (Fsp3) is 1.00. The normalized spacial score (nSPS) is 27.8. The molecular weight excluding hydrogens is 238 g/mol. The molecule has 0 aromatic heterocycles. The average molecular weight is 269 g/mol. The Morgan fingerprint density at radius 3 is 2.79 bits per heavy atom. The molecule has 0 bridgehead atoms. The molecule has 0 aromatic rings. The molecule has 1 heterocycles. The van der Waals surface area contributed by atoms with Gasteiger partial charge in [-0.1, -0.05) is 26.7 Å². The highest BCUT2D eigenvalue weighted by molar-refractivity contribution is 4.94. The number of likely N-dealkylation sites (N-methyl/N-ethyl adjacent to an activating group) is 1. The molecule has 2 atom stereocenters. The molecule has 0 amide bonds. The first kappa shape index (κ1) is 15.3. The van der Waals surface area contributed by atoms with Crippen molar-refractivity contribution in [2.75, 3.05) is 26.4 Å². The molecule has 0 radical (unpaired) electrons. The molecule has 112 valence electrons. The predicted octanol–water partition coefficient (Wildman–Crippen LogP) is 3.13. The summed E-state index contributed by atoms with van der Waals surface area (Å²) in [6.07, 6.45) is 8.79. The van der Waals surface area contributed by atoms with Gasteiger partial charge in [-0.3, -0.25) is 0 Å². The molecule has 1 aliphatic carbocycles. The maximum atomic E-state index is 6.14. The van der Waals surface area contributed by atoms with Crippen molar-refractivity contribution in [2.24, 2.45) is 5.92 Å². The van der Waals surface area contributed by atoms with Crippen LogP contribution >= 0.6 is 0 Å². The van der Waals surface area contributed by atoms with Crippen LogP contribution < -0.4 is 5.32 Å². The summed E-state index contributed by atoms with van der Waals surface area (Å²) in [6, 6.07) is 0.512. The highest BCUT2D eigenvalue weighted by Crippen LogP contribution is 2.42. The molecule has 2 fully saturated rings. The minimum atomic E-state index is 0.224. The third-order valence-electron chi connectivity index (χ3n) is 4.73. The standard InChI is InChI=1S/C16H31NO2/c1-3-10-18-13-15(17-4-2)14-7-11-19-16(12-14)8-5-6-9-16/h14-15,17H,3-13H2,1-2H3. The zero-order valence-corrected chi connectivity index (χ0v) is 12.7. The Morgan fingerprint density at radius 1 is 1.32 bits per heavy atom. The molecule has 1 aliphatic heterocycles. The first-order valence-electron chi connectivity index (χ1n) is 8.25. The Kier molecular flexibility index (Phi) is 6.11. The van der Waals surface area contributed by atoms with Crippen LogP contribution in [0.3, 0.4) is 0 Å². The van der Waals surface area contributed by atoms with E-state index in [4.69, 9.17) is 9.47 Å². The molecule has 1 spiro atoms. The van der Waals surface area contributed by atoms with Gasteiger partial charge in [0.05, 0.1) is 12.2 Å². The van der Waals surface area contributed by atoms with Crippen LogP contribution in [-0.2, 0) is 9.47 Å². The molecule has 0 aromatic carbocycles. The van der Waals surface area contributed by atoms with Crippen LogP contribution in [-0.4, -0.2) is 38.0 Å². The summed E-state index contributed by atoms with van der Waals surface area (Å²) < 4.78 is 11.9. The number of nitrogens with one attached hydrogen (secondary N) is 1. The molecule has 1 N–H and O–H groups in total. The summed E-state index contributed by atoms with van der Waals surface area (Å²) >= 11 is 0. The van der Waals surface area contributed by atoms with Gasteiger partial charge in [0.1, 0.15) is 0 Å². The molecule has 1 saturated heterocycles. The van der Waals surface area contributed by atoms with Crippen molar-refractivity contribution in [1.29, 1.82) is 0 Å². The van der Waals surface area contributed by atoms with E-state index in [1.165, 1.54) is 38.5 Å². The van der Waals surface area contributed by atoms with E-state index in [0.29, 0.717) is 6.04 Å². The highest BCUT2D eigenvalue weighted by atomic mass is 16.5. The third-order valence-corrected chi connectivity index (χ3v) is 4.73. The fourth-order valence-electron chi connectivity index (χ4n) is 3.76. The minimum Gasteiger partial charge on any atom is -0.380 e. The lowest BCUT2D eigenvalue weighted by Gasteiger charge is -2.41. The topological polar surface area (TPSA) is 30.5 Å². The first-order valence-corrected chi connectivity index (χ1v) is 8.25. The minimum absolute atomic E-state index is 0.224. The summed E-state index contributed by atoms with van der Waals surface area (Å²) in [7, 11) is 0. The number of hydrogen-bond donors (Lipinski definition) is 1. The Balaban J connectivity index is 1.88. The second-order valence-corrected chi connectivity index (χ2v) is 6.23. The lowest BCUT2D eigenvalue weighted by atomic mass is 9.80. The zero-order chi connectivity index (χ0) is 13.6. The lowest BCUT2D eigenvalue weighted by Crippen LogP contribution is -2.47. The van der Waals surface area contributed by atoms with Gasteiger partial charge in [-0.15, -0.1) is 0 Å². The van der Waals surface area contributed by atoms with Crippen LogP contribution in [0.5, 0.6) is 0 Å². The summed E-state index contributed by atoms with van der Waals surface area (Å²) in [5.74, 6) is 0.726. The molecular formula is C16H31NO2. The Morgan fingerprint density at radius 2 is 2.11 bits per heavy atom. The molecule has 2 unspecified atom stereocenters. The van der Waals surface area contributed by atoms with Crippen molar-refractivity contribution in [2.45, 2.75) is 70.4 Å². The van der Waals surface area contributed by atoms with Crippen LogP contribution in [0.15, 0.2) is 0 Å². The van der Waals surface area contributed by atoms with Gasteiger partial charge in [-0.05, 0) is 44.6 Å². The molecule has 19 heavy (non-hydrogen) atoms. The van der Waals surface area contributed by atoms with E-state index in [0.717, 1.165) is 38.7 Å². The van der Waals surface area contributed by atoms with Crippen LogP contribution in [0.4, 0.5) is 0 Å². The van der Waals surface area contributed by atoms with E-state index in [2.05, 4.69) is 19.2 Å². The van der Waals surface area contributed by atoms with Crippen molar-refractivity contribution < 1.29 is 9.47 Å². The zero-order valence-electron chi connectivity index (χ0n) is 12.7. The smallest absolute Gasteiger partial charge is 0.0685 e. The second kappa shape index (κ2) is 7.61. The Bertz CT molecular complexity index is 251. The van der Waals surface area contributed by atoms with Crippen molar-refractivity contribution in [1.82, 2.24) is 5.32 Å². The quantitative estimate of drug-likeness (QED) is 0.720. The average Bonchev–Trinajstić information content (AvgIpc) is 2.86. The second-order valence-electron chi connectivity index (χ2n) is 6.23. The van der Waals surface area contributed by atoms with Crippen molar-refractivity contribution in [3.8, 4) is 0 Å². The van der Waals surface area contributed by atoms with E-state index >= 15 is 0 Å². The first-order chi connectivity index (χ1) is 9.29. The summed E-state index contributed by atoms with van der Waals surface area (Å²) in [5.41, 5.74) is 0.224. The molecule has 3 nitrogen and oxygen atoms in total. The van der Waals surface area contributed by atoms with Gasteiger partial charge in [-0.2, -0.15) is 0 Å². The summed E-state index contributed by atoms with van der Waals surface area (Å²) in [4.78, 5) is 0. The van der Waals surface area contributed by atoms with Crippen molar-refractivity contribution >= 4 is 0 Å². The monoisotopic (exact) mass is 269 g/mol. The van der Waals surface area contributed by atoms with Gasteiger partial charge < -0.3 is 14.8 Å². The largest absolute Gasteiger partial charge is 0.380 e. The van der Waals surface area contributed by atoms with Gasteiger partial charge in [-0.25, -0.2) is 0 Å². The van der Waals surface area contributed by atoms with Crippen LogP contribution in [0.2, 0.25) is 0 Å². The van der Waals surface area contributed by atoms with E-state index in [1.54, 1.807) is 0 Å². The highest BCUT2D eigenvalue weighted by Gasteiger charge is 2.41. The Labute approximate surface area is 118 Å². The van der Waals surface area contributed by atoms with Gasteiger partial charge in [0.25, 0.3) is 0 Å². The van der Waals surface area contributed by atoms with Crippen LogP contribution in [0, 0.1) is 5.92 Å². The fourth-order valence-corrected chi connectivity index (χ4v) is 3.76. The lowest BCUT2D eigenvalue weighted by molar-refractivity contribution is -0.102. The van der Waals surface area contributed by atoms with Gasteiger partial charge in [0.2, 0.25) is 0 Å². The molecule has 1 saturated carbocycles. The molecule has 3 heteroatoms. The van der Waals surface area contributed by atoms with E-state index in [1.807, 2.05) is 0 Å². The van der Waals surface area contributed by atoms with Crippen LogP contribution in [0.25, 0.3) is 0 Å². The Hall–Kier alpha value is -0.120. The van der Waals surface area contributed by atoms with Gasteiger partial charge in [0.15, 0.2) is 0 Å². The predicted molar refractivity (Wildman–Crippen MR) is 78.4 cm³/mol. The van der Waals surface area contributed by atoms with Crippen molar-refractivity contribution in [3.05, 3.63) is 0 Å². The van der Waals surface area contributed by atoms with E-state index in [-0.39, 0.29) is 5.60 Å². The summed E-state index contributed by atoms with van der Waals surface area (Å²) in [5, 5.41) is 3.64. The number of rotatable bonds is 7. The van der Waals surface area contributed by atoms with Crippen LogP contribution in [0.1, 0.15) is 58.8 Å². The molecule has 2 rings (SSSR count). The van der Waals surface area contributed by atoms with Crippen molar-refractivity contribution in [3.63, 3.8) is 0 Å². The maximum Gasteiger partial charge on any atom is 0.0685 e. The number of ether oxygens (including phenoxy) is 2. The SMILES string of the molecule is CCCOCC(NCC)C1CCOC2(CCCC2)C1. The summed E-state index contributed by atoms with van der Waals surface area (Å²) in [6.45, 7) is 8.09. The van der Waals surface area contributed by atoms with Gasteiger partial charge in [0, 0.05) is 19.3 Å². The van der Waals surface area contributed by atoms with E-state index < -0.39 is 0 Å².